The van der Waals surface area contributed by atoms with E-state index in [1.54, 1.807) is 0 Å². The van der Waals surface area contributed by atoms with E-state index in [1.165, 1.54) is 21.6 Å². The first-order valence-electron chi connectivity index (χ1n) is 14.6. The zero-order valence-electron chi connectivity index (χ0n) is 25.1. The summed E-state index contributed by atoms with van der Waals surface area (Å²) >= 11 is 0. The van der Waals surface area contributed by atoms with Gasteiger partial charge in [0, 0.05) is 24.3 Å². The Balaban J connectivity index is 4.03. The van der Waals surface area contributed by atoms with Crippen LogP contribution in [0.25, 0.3) is 0 Å². The van der Waals surface area contributed by atoms with Crippen LogP contribution in [0.1, 0.15) is 89.9 Å². The van der Waals surface area contributed by atoms with Gasteiger partial charge in [0.15, 0.2) is 0 Å². The molecule has 0 aromatic rings. The number of hydrogen-bond acceptors (Lipinski definition) is 8. The molecule has 0 aliphatic rings. The molecule has 2 amide bonds. The molecular weight excluding hydrogens is 552 g/mol. The summed E-state index contributed by atoms with van der Waals surface area (Å²) in [5.41, 5.74) is 0. The van der Waals surface area contributed by atoms with Gasteiger partial charge in [-0.15, -0.1) is 0 Å². The minimum Gasteiger partial charge on any atom is -0.480 e. The van der Waals surface area contributed by atoms with Crippen molar-refractivity contribution in [2.45, 2.75) is 102 Å². The van der Waals surface area contributed by atoms with Crippen molar-refractivity contribution in [3.05, 3.63) is 0 Å². The van der Waals surface area contributed by atoms with Crippen LogP contribution in [0.4, 0.5) is 0 Å². The van der Waals surface area contributed by atoms with Gasteiger partial charge in [0.25, 0.3) is 0 Å². The van der Waals surface area contributed by atoms with E-state index in [-0.39, 0.29) is 24.7 Å². The molecule has 40 heavy (non-hydrogen) atoms. The van der Waals surface area contributed by atoms with Crippen LogP contribution in [0.15, 0.2) is 0 Å². The van der Waals surface area contributed by atoms with Gasteiger partial charge in [-0.05, 0) is 79.8 Å². The first kappa shape index (κ1) is 38.5. The second-order valence-electron chi connectivity index (χ2n) is 10.8. The molecule has 0 saturated heterocycles. The van der Waals surface area contributed by atoms with E-state index in [4.69, 9.17) is 0 Å². The number of nitrogens with zero attached hydrogens (tertiary/aromatic N) is 2. The summed E-state index contributed by atoms with van der Waals surface area (Å²) in [7, 11) is 11.1. The molecule has 0 heterocycles. The van der Waals surface area contributed by atoms with Crippen LogP contribution < -0.4 is 10.6 Å². The quantitative estimate of drug-likeness (QED) is 0.0799. The number of carboxylic acids is 2. The highest BCUT2D eigenvalue weighted by Gasteiger charge is 2.21. The molecule has 0 bridgehead atoms. The van der Waals surface area contributed by atoms with Gasteiger partial charge in [-0.3, -0.25) is 9.59 Å². The maximum absolute atomic E-state index is 12.2. The van der Waals surface area contributed by atoms with Crippen molar-refractivity contribution in [2.24, 2.45) is 0 Å². The van der Waals surface area contributed by atoms with Crippen LogP contribution in [-0.2, 0) is 19.2 Å². The van der Waals surface area contributed by atoms with Gasteiger partial charge in [0.1, 0.15) is 12.1 Å². The lowest BCUT2D eigenvalue weighted by Gasteiger charge is -2.15. The largest absolute Gasteiger partial charge is 0.480 e. The number of unbranched alkanes of at least 4 members (excludes halogenated alkanes) is 8. The second-order valence-corrected chi connectivity index (χ2v) is 13.5. The Morgan fingerprint density at radius 2 is 0.900 bits per heavy atom. The van der Waals surface area contributed by atoms with Gasteiger partial charge in [-0.1, -0.05) is 60.1 Å². The van der Waals surface area contributed by atoms with Crippen LogP contribution in [0.5, 0.6) is 0 Å². The number of nitrogens with one attached hydrogen (secondary N) is 2. The van der Waals surface area contributed by atoms with Crippen LogP contribution in [0, 0.1) is 0 Å². The molecule has 234 valence electrons. The first-order valence-corrected chi connectivity index (χ1v) is 17.1. The Labute approximate surface area is 249 Å². The maximum atomic E-state index is 12.2. The van der Waals surface area contributed by atoms with E-state index in [0.29, 0.717) is 24.3 Å². The van der Waals surface area contributed by atoms with Crippen molar-refractivity contribution in [1.82, 2.24) is 20.4 Å². The highest BCUT2D eigenvalue weighted by atomic mass is 33.1. The van der Waals surface area contributed by atoms with Gasteiger partial charge in [-0.25, -0.2) is 9.59 Å². The normalized spacial score (nSPS) is 12.8. The lowest BCUT2D eigenvalue weighted by atomic mass is 10.1. The highest BCUT2D eigenvalue weighted by molar-refractivity contribution is 8.76. The Hall–Kier alpha value is -1.50. The van der Waals surface area contributed by atoms with E-state index in [1.807, 2.05) is 0 Å². The Morgan fingerprint density at radius 3 is 1.23 bits per heavy atom. The summed E-state index contributed by atoms with van der Waals surface area (Å²) < 4.78 is 0. The van der Waals surface area contributed by atoms with Gasteiger partial charge in [0.2, 0.25) is 11.8 Å². The third kappa shape index (κ3) is 24.3. The molecule has 4 N–H and O–H groups in total. The molecule has 2 unspecified atom stereocenters. The maximum Gasteiger partial charge on any atom is 0.326 e. The molecule has 0 spiro atoms. The van der Waals surface area contributed by atoms with Gasteiger partial charge in [0.05, 0.1) is 0 Å². The Kier molecular flexibility index (Phi) is 24.3. The molecule has 0 aliphatic heterocycles. The minimum atomic E-state index is -1.05. The molecule has 0 radical (unpaired) electrons. The molecular formula is C28H54N4O6S2. The molecule has 0 fully saturated rings. The van der Waals surface area contributed by atoms with Gasteiger partial charge < -0.3 is 30.6 Å². The van der Waals surface area contributed by atoms with E-state index >= 15 is 0 Å². The molecule has 0 aliphatic carbocycles. The van der Waals surface area contributed by atoms with Crippen molar-refractivity contribution in [2.75, 3.05) is 52.8 Å². The molecule has 0 aromatic carbocycles. The third-order valence-electron chi connectivity index (χ3n) is 6.35. The van der Waals surface area contributed by atoms with Crippen molar-refractivity contribution in [3.63, 3.8) is 0 Å². The van der Waals surface area contributed by atoms with Crippen LogP contribution in [0.3, 0.4) is 0 Å². The number of carbonyl (C=O) groups excluding carboxylic acids is 2. The molecule has 0 saturated carbocycles. The van der Waals surface area contributed by atoms with Gasteiger partial charge >= 0.3 is 11.9 Å². The van der Waals surface area contributed by atoms with Crippen molar-refractivity contribution in [3.8, 4) is 0 Å². The standard InChI is InChI=1S/C28H54N4O6S2/c1-31(2)19-13-9-5-7-11-15-25(33)29-23(27(35)36)17-21-39-40-22-18-24(28(37)38)30-26(34)16-12-8-6-10-14-20-32(3)4/h23-24H,5-22H2,1-4H3,(H,29,33)(H,30,34)(H,35,36)(H,37,38). The molecule has 10 nitrogen and oxygen atoms in total. The average molecular weight is 607 g/mol. The van der Waals surface area contributed by atoms with Crippen molar-refractivity contribution in [1.29, 1.82) is 0 Å². The number of amides is 2. The zero-order valence-corrected chi connectivity index (χ0v) is 26.8. The van der Waals surface area contributed by atoms with Crippen molar-refractivity contribution < 1.29 is 29.4 Å². The molecule has 2 atom stereocenters. The predicted octanol–water partition coefficient (Wildman–Crippen LogP) is 4.09. The van der Waals surface area contributed by atoms with E-state index in [2.05, 4.69) is 48.6 Å². The SMILES string of the molecule is CN(C)CCCCCCCC(=O)NC(CCSSCCC(NC(=O)CCCCCCCN(C)C)C(=O)O)C(=O)O. The topological polar surface area (TPSA) is 139 Å². The summed E-state index contributed by atoms with van der Waals surface area (Å²) in [4.78, 5) is 51.7. The van der Waals surface area contributed by atoms with E-state index in [0.717, 1.165) is 77.3 Å². The second kappa shape index (κ2) is 25.2. The summed E-state index contributed by atoms with van der Waals surface area (Å²) in [6.07, 6.45) is 11.3. The minimum absolute atomic E-state index is 0.234. The highest BCUT2D eigenvalue weighted by Crippen LogP contribution is 2.24. The third-order valence-corrected chi connectivity index (χ3v) is 8.82. The molecule has 0 aromatic heterocycles. The number of aliphatic carboxylic acids is 2. The fourth-order valence-electron chi connectivity index (χ4n) is 3.99. The van der Waals surface area contributed by atoms with Gasteiger partial charge in [-0.2, -0.15) is 0 Å². The summed E-state index contributed by atoms with van der Waals surface area (Å²) in [6.45, 7) is 2.12. The van der Waals surface area contributed by atoms with Crippen LogP contribution in [0.2, 0.25) is 0 Å². The average Bonchev–Trinajstić information content (AvgIpc) is 2.87. The monoisotopic (exact) mass is 606 g/mol. The smallest absolute Gasteiger partial charge is 0.326 e. The molecule has 12 heteroatoms. The van der Waals surface area contributed by atoms with E-state index in [9.17, 15) is 29.4 Å². The summed E-state index contributed by atoms with van der Waals surface area (Å²) in [5, 5.41) is 24.1. The number of carbonyl (C=O) groups is 4. The predicted molar refractivity (Wildman–Crippen MR) is 166 cm³/mol. The Bertz CT molecular complexity index is 654. The zero-order chi connectivity index (χ0) is 30.2. The number of hydrogen-bond donors (Lipinski definition) is 4. The fourth-order valence-corrected chi connectivity index (χ4v) is 6.17. The first-order chi connectivity index (χ1) is 19.0. The lowest BCUT2D eigenvalue weighted by molar-refractivity contribution is -0.142. The summed E-state index contributed by atoms with van der Waals surface area (Å²) in [5.74, 6) is -1.56. The van der Waals surface area contributed by atoms with Crippen molar-refractivity contribution >= 4 is 45.3 Å². The number of carboxylic acid groups (broad SMARTS) is 2. The van der Waals surface area contributed by atoms with Crippen LogP contribution >= 0.6 is 21.6 Å². The lowest BCUT2D eigenvalue weighted by Crippen LogP contribution is -2.41. The fraction of sp³-hybridized carbons (Fsp3) is 0.857. The summed E-state index contributed by atoms with van der Waals surface area (Å²) in [6, 6.07) is -1.86. The Morgan fingerprint density at radius 1 is 0.575 bits per heavy atom. The van der Waals surface area contributed by atoms with Crippen LogP contribution in [-0.4, -0.2) is 109 Å². The number of rotatable bonds is 27. The molecule has 0 rings (SSSR count). The van der Waals surface area contributed by atoms with E-state index < -0.39 is 24.0 Å².